The van der Waals surface area contributed by atoms with Crippen molar-refractivity contribution in [3.05, 3.63) is 0 Å². The molecule has 1 aliphatic heterocycles. The van der Waals surface area contributed by atoms with Crippen molar-refractivity contribution < 1.29 is 34.3 Å². The summed E-state index contributed by atoms with van der Waals surface area (Å²) in [5.74, 6) is -2.74. The molecule has 0 radical (unpaired) electrons. The molecule has 0 spiro atoms. The second kappa shape index (κ2) is 2.87. The van der Waals surface area contributed by atoms with E-state index in [0.717, 1.165) is 0 Å². The van der Waals surface area contributed by atoms with E-state index in [-0.39, 0.29) is 7.05 Å². The number of rotatable bonds is 2. The van der Waals surface area contributed by atoms with Crippen molar-refractivity contribution in [2.75, 3.05) is 13.6 Å². The summed E-state index contributed by atoms with van der Waals surface area (Å²) >= 11 is 0. The summed E-state index contributed by atoms with van der Waals surface area (Å²) in [6.45, 7) is 1.52. The fraction of sp³-hybridized carbons (Fsp3) is 0.857. The molecule has 1 heterocycles. The summed E-state index contributed by atoms with van der Waals surface area (Å²) in [6, 6.07) is 0. The average Bonchev–Trinajstić information content (AvgIpc) is 1.97. The van der Waals surface area contributed by atoms with Crippen LogP contribution in [0.2, 0.25) is 0 Å². The van der Waals surface area contributed by atoms with Crippen molar-refractivity contribution in [1.29, 1.82) is 0 Å². The number of amidine groups is 1. The third-order valence-corrected chi connectivity index (χ3v) is 5.07. The molecule has 10 heteroatoms. The fourth-order valence-electron chi connectivity index (χ4n) is 1.58. The monoisotopic (exact) mass is 288 g/mol. The molecule has 0 aromatic rings. The van der Waals surface area contributed by atoms with Gasteiger partial charge in [-0.1, -0.05) is 0 Å². The molecule has 17 heavy (non-hydrogen) atoms. The number of alkyl halides is 3. The molecule has 0 saturated carbocycles. The van der Waals surface area contributed by atoms with E-state index in [4.69, 9.17) is 0 Å². The van der Waals surface area contributed by atoms with Crippen LogP contribution in [-0.4, -0.2) is 34.6 Å². The van der Waals surface area contributed by atoms with Gasteiger partial charge in [0.2, 0.25) is 0 Å². The number of hydrogen-bond acceptors (Lipinski definition) is 1. The molecule has 0 saturated heterocycles. The fourth-order valence-corrected chi connectivity index (χ4v) is 3.64. The Kier molecular flexibility index (Phi) is 2.44. The first kappa shape index (κ1) is 14.5. The van der Waals surface area contributed by atoms with Crippen LogP contribution in [0.25, 0.3) is 0 Å². The SMILES string of the molecule is CC(C)CN1C(C(F)(F)F)=[N+](C)[P-]1(F)(F)(F)F. The maximum atomic E-state index is 13.2. The number of halogens is 7. The Morgan fingerprint density at radius 2 is 1.59 bits per heavy atom. The molecule has 0 aliphatic carbocycles. The van der Waals surface area contributed by atoms with Crippen molar-refractivity contribution in [3.8, 4) is 0 Å². The third-order valence-electron chi connectivity index (χ3n) is 2.40. The molecule has 0 aromatic heterocycles. The first-order chi connectivity index (χ1) is 7.11. The molecule has 0 fully saturated rings. The topological polar surface area (TPSA) is 6.25 Å². The second-order valence-corrected chi connectivity index (χ2v) is 7.64. The molecule has 104 valence electrons. The van der Waals surface area contributed by atoms with E-state index in [9.17, 15) is 30.0 Å². The van der Waals surface area contributed by atoms with Gasteiger partial charge in [-0.3, -0.25) is 0 Å². The summed E-state index contributed by atoms with van der Waals surface area (Å²) in [5, 5.41) is 0. The number of hydrogen-bond donors (Lipinski definition) is 0. The van der Waals surface area contributed by atoms with E-state index in [2.05, 4.69) is 0 Å². The summed E-state index contributed by atoms with van der Waals surface area (Å²) < 4.78 is 87.8. The van der Waals surface area contributed by atoms with Gasteiger partial charge in [0.05, 0.1) is 0 Å². The van der Waals surface area contributed by atoms with Gasteiger partial charge in [-0.25, -0.2) is 0 Å². The Balaban J connectivity index is 3.38. The first-order valence-corrected chi connectivity index (χ1v) is 6.82. The van der Waals surface area contributed by atoms with Gasteiger partial charge in [-0.2, -0.15) is 0 Å². The van der Waals surface area contributed by atoms with E-state index >= 15 is 0 Å². The minimum atomic E-state index is -9.16. The zero-order chi connectivity index (χ0) is 13.9. The van der Waals surface area contributed by atoms with Gasteiger partial charge in [0.15, 0.2) is 0 Å². The Morgan fingerprint density at radius 3 is 1.88 bits per heavy atom. The molecule has 0 amide bonds. The summed E-state index contributed by atoms with van der Waals surface area (Å²) in [7, 11) is -9.09. The van der Waals surface area contributed by atoms with Crippen molar-refractivity contribution >= 4 is 13.3 Å². The van der Waals surface area contributed by atoms with Crippen molar-refractivity contribution in [3.63, 3.8) is 0 Å². The molecule has 0 aromatic carbocycles. The van der Waals surface area contributed by atoms with E-state index in [1.165, 1.54) is 13.8 Å². The van der Waals surface area contributed by atoms with Gasteiger partial charge in [0.25, 0.3) is 0 Å². The van der Waals surface area contributed by atoms with Gasteiger partial charge in [-0.15, -0.1) is 0 Å². The van der Waals surface area contributed by atoms with Crippen LogP contribution >= 0.6 is 7.49 Å². The molecule has 0 bridgehead atoms. The molecule has 1 rings (SSSR count). The molecule has 0 unspecified atom stereocenters. The molecular formula is C7H12F7N2P. The molecular weight excluding hydrogens is 276 g/mol. The van der Waals surface area contributed by atoms with Crippen LogP contribution in [0.1, 0.15) is 13.8 Å². The zero-order valence-corrected chi connectivity index (χ0v) is 10.2. The van der Waals surface area contributed by atoms with Crippen molar-refractivity contribution in [2.45, 2.75) is 20.0 Å². The zero-order valence-electron chi connectivity index (χ0n) is 9.27. The Morgan fingerprint density at radius 1 is 1.18 bits per heavy atom. The third kappa shape index (κ3) is 1.98. The van der Waals surface area contributed by atoms with Crippen LogP contribution in [0.4, 0.5) is 30.0 Å². The van der Waals surface area contributed by atoms with Gasteiger partial charge in [-0.05, 0) is 0 Å². The van der Waals surface area contributed by atoms with Gasteiger partial charge < -0.3 is 0 Å². The summed E-state index contributed by atoms with van der Waals surface area (Å²) in [6.07, 6.45) is -5.23. The summed E-state index contributed by atoms with van der Waals surface area (Å²) in [5.41, 5.74) is 0. The summed E-state index contributed by atoms with van der Waals surface area (Å²) in [4.78, 5) is 0. The van der Waals surface area contributed by atoms with Gasteiger partial charge in [0, 0.05) is 0 Å². The quantitative estimate of drug-likeness (QED) is 0.549. The molecule has 1 aliphatic rings. The van der Waals surface area contributed by atoms with E-state index in [0.29, 0.717) is 0 Å². The van der Waals surface area contributed by atoms with E-state index in [1.54, 1.807) is 0 Å². The average molecular weight is 288 g/mol. The normalized spacial score (nSPS) is 30.2. The standard InChI is InChI=1S/C7H12F7N2P/c1-5(2)4-16-6(7(8,9)10)15(3)17(16,11,12,13)14/h5H,4H2,1-3H3. The Labute approximate surface area is 92.8 Å². The minimum absolute atomic E-state index is 0.0650. The molecule has 0 atom stereocenters. The van der Waals surface area contributed by atoms with Crippen LogP contribution < -0.4 is 0 Å². The van der Waals surface area contributed by atoms with Crippen LogP contribution in [-0.2, 0) is 0 Å². The first-order valence-electron chi connectivity index (χ1n) is 4.67. The Bertz CT molecular complexity index is 389. The van der Waals surface area contributed by atoms with Crippen LogP contribution in [0.5, 0.6) is 0 Å². The van der Waals surface area contributed by atoms with Gasteiger partial charge >= 0.3 is 91.8 Å². The predicted octanol–water partition coefficient (Wildman–Crippen LogP) is 4.02. The molecule has 0 N–H and O–H groups in total. The van der Waals surface area contributed by atoms with Crippen molar-refractivity contribution in [2.24, 2.45) is 5.92 Å². The van der Waals surface area contributed by atoms with Crippen molar-refractivity contribution in [1.82, 2.24) is 4.67 Å². The second-order valence-electron chi connectivity index (χ2n) is 4.40. The van der Waals surface area contributed by atoms with Crippen LogP contribution in [0.3, 0.4) is 0 Å². The maximum absolute atomic E-state index is 13.2. The Hall–Kier alpha value is -0.590. The van der Waals surface area contributed by atoms with Crippen LogP contribution in [0, 0.1) is 5.92 Å². The van der Waals surface area contributed by atoms with Gasteiger partial charge in [0.1, 0.15) is 0 Å². The van der Waals surface area contributed by atoms with E-state index < -0.39 is 41.0 Å². The van der Waals surface area contributed by atoms with Crippen LogP contribution in [0.15, 0.2) is 0 Å². The van der Waals surface area contributed by atoms with E-state index in [1.807, 2.05) is 0 Å². The number of nitrogens with zero attached hydrogens (tertiary/aromatic N) is 2. The predicted molar refractivity (Wildman–Crippen MR) is 50.1 cm³/mol. The molecule has 2 nitrogen and oxygen atoms in total.